The Morgan fingerprint density at radius 1 is 1.06 bits per heavy atom. The van der Waals surface area contributed by atoms with E-state index in [0.717, 1.165) is 55.3 Å². The van der Waals surface area contributed by atoms with Crippen LogP contribution in [0.15, 0.2) is 72.5 Å². The Balaban J connectivity index is 2.28. The van der Waals surface area contributed by atoms with Crippen LogP contribution in [0.1, 0.15) is 67.9 Å². The lowest BCUT2D eigenvalue weighted by Gasteiger charge is -2.18. The van der Waals surface area contributed by atoms with E-state index in [1.165, 1.54) is 16.7 Å². The molecular weight excluding hydrogens is 436 g/mol. The lowest BCUT2D eigenvalue weighted by Crippen LogP contribution is -2.13. The smallest absolute Gasteiger partial charge is 0.126 e. The minimum absolute atomic E-state index is 0.176. The maximum absolute atomic E-state index is 13.9. The number of allylic oxidation sites excluding steroid dienone is 5. The molecule has 0 amide bonds. The third-order valence-electron chi connectivity index (χ3n) is 6.10. The van der Waals surface area contributed by atoms with E-state index < -0.39 is 6.67 Å². The highest BCUT2D eigenvalue weighted by Gasteiger charge is 2.09. The topological polar surface area (TPSA) is 3.24 Å². The van der Waals surface area contributed by atoms with E-state index in [1.54, 1.807) is 12.1 Å². The Kier molecular flexibility index (Phi) is 12.2. The van der Waals surface area contributed by atoms with Gasteiger partial charge in [0.25, 0.3) is 0 Å². The first-order valence-corrected chi connectivity index (χ1v) is 12.7. The molecule has 0 aliphatic carbocycles. The largest absolute Gasteiger partial charge is 0.376 e. The first-order valence-electron chi connectivity index (χ1n) is 12.7. The molecule has 0 aliphatic heterocycles. The van der Waals surface area contributed by atoms with Crippen molar-refractivity contribution in [1.29, 1.82) is 0 Å². The normalized spacial score (nSPS) is 12.8. The Bertz CT molecular complexity index is 1060. The zero-order valence-electron chi connectivity index (χ0n) is 22.1. The molecule has 0 unspecified atom stereocenters. The monoisotopic (exact) mass is 477 g/mol. The van der Waals surface area contributed by atoms with Crippen molar-refractivity contribution in [2.45, 2.75) is 59.8 Å². The van der Waals surface area contributed by atoms with Crippen molar-refractivity contribution in [2.75, 3.05) is 20.3 Å². The zero-order chi connectivity index (χ0) is 25.6. The maximum atomic E-state index is 13.9. The van der Waals surface area contributed by atoms with Gasteiger partial charge in [-0.2, -0.15) is 0 Å². The van der Waals surface area contributed by atoms with E-state index in [4.69, 9.17) is 0 Å². The number of hydrogen-bond acceptors (Lipinski definition) is 1. The van der Waals surface area contributed by atoms with Crippen LogP contribution in [-0.2, 0) is 12.8 Å². The molecule has 2 aromatic carbocycles. The van der Waals surface area contributed by atoms with Gasteiger partial charge < -0.3 is 4.90 Å². The summed E-state index contributed by atoms with van der Waals surface area (Å²) in [5.41, 5.74) is 7.96. The number of halogens is 2. The van der Waals surface area contributed by atoms with Crippen molar-refractivity contribution in [3.63, 3.8) is 0 Å². The van der Waals surface area contributed by atoms with Crippen LogP contribution in [0, 0.1) is 12.7 Å². The molecule has 0 atom stereocenters. The summed E-state index contributed by atoms with van der Waals surface area (Å²) in [6.07, 6.45) is 16.9. The molecule has 0 spiro atoms. The molecule has 35 heavy (non-hydrogen) atoms. The Hall–Kier alpha value is -2.94. The Labute approximate surface area is 211 Å². The Morgan fingerprint density at radius 2 is 1.86 bits per heavy atom. The van der Waals surface area contributed by atoms with Crippen LogP contribution in [0.2, 0.25) is 0 Å². The van der Waals surface area contributed by atoms with Crippen molar-refractivity contribution in [3.05, 3.63) is 106 Å². The third-order valence-corrected chi connectivity index (χ3v) is 6.10. The summed E-state index contributed by atoms with van der Waals surface area (Å²) in [5, 5.41) is 0. The van der Waals surface area contributed by atoms with E-state index in [2.05, 4.69) is 62.3 Å². The molecule has 0 aromatic heterocycles. The van der Waals surface area contributed by atoms with Gasteiger partial charge in [-0.05, 0) is 104 Å². The van der Waals surface area contributed by atoms with Crippen LogP contribution in [-0.4, -0.2) is 25.2 Å². The van der Waals surface area contributed by atoms with Gasteiger partial charge in [0.2, 0.25) is 0 Å². The molecule has 0 bridgehead atoms. The molecule has 0 fully saturated rings. The lowest BCUT2D eigenvalue weighted by molar-refractivity contribution is 0.517. The number of benzene rings is 2. The fraction of sp³-hybridized carbons (Fsp3) is 0.375. The summed E-state index contributed by atoms with van der Waals surface area (Å²) in [6.45, 7) is 8.44. The second kappa shape index (κ2) is 15.1. The summed E-state index contributed by atoms with van der Waals surface area (Å²) in [4.78, 5) is 2.14. The van der Waals surface area contributed by atoms with E-state index in [9.17, 15) is 8.78 Å². The fourth-order valence-electron chi connectivity index (χ4n) is 4.34. The summed E-state index contributed by atoms with van der Waals surface area (Å²) in [7, 11) is 2.05. The van der Waals surface area contributed by atoms with E-state index >= 15 is 0 Å². The van der Waals surface area contributed by atoms with Crippen molar-refractivity contribution in [2.24, 2.45) is 0 Å². The van der Waals surface area contributed by atoms with E-state index in [-0.39, 0.29) is 5.82 Å². The van der Waals surface area contributed by atoms with Crippen LogP contribution in [0.3, 0.4) is 0 Å². The average Bonchev–Trinajstić information content (AvgIpc) is 2.84. The highest BCUT2D eigenvalue weighted by molar-refractivity contribution is 5.83. The first-order chi connectivity index (χ1) is 16.9. The van der Waals surface area contributed by atoms with Gasteiger partial charge >= 0.3 is 0 Å². The van der Waals surface area contributed by atoms with Gasteiger partial charge in [0.1, 0.15) is 12.5 Å². The number of nitrogens with zero attached hydrogens (tertiary/aromatic N) is 1. The van der Waals surface area contributed by atoms with Gasteiger partial charge in [-0.3, -0.25) is 0 Å². The molecule has 0 heterocycles. The number of likely N-dealkylation sites (N-methyl/N-ethyl adjacent to an activating group) is 1. The van der Waals surface area contributed by atoms with Crippen molar-refractivity contribution in [1.82, 2.24) is 4.90 Å². The summed E-state index contributed by atoms with van der Waals surface area (Å²) in [5.74, 6) is -0.176. The molecule has 1 nitrogen and oxygen atoms in total. The van der Waals surface area contributed by atoms with Gasteiger partial charge in [0.05, 0.1) is 0 Å². The van der Waals surface area contributed by atoms with Crippen LogP contribution in [0.25, 0.3) is 11.6 Å². The quantitative estimate of drug-likeness (QED) is 0.206. The van der Waals surface area contributed by atoms with E-state index in [0.29, 0.717) is 5.56 Å². The standard InChI is InChI=1S/C32H41F2N/c1-6-11-26(13-10-19-33)12-9-14-29-16-15-27(22-28(29)8-3)23-31(24-35(5)20-7-2)30-17-18-32(34)25(4)21-30/h7,10-11,13,15-18,20-23H,6,8-9,12,14,19,24H2,1-5H3/b13-10-,20-7-,26-11-,31-23-. The average molecular weight is 478 g/mol. The highest BCUT2D eigenvalue weighted by Crippen LogP contribution is 2.24. The molecule has 0 N–H and O–H groups in total. The summed E-state index contributed by atoms with van der Waals surface area (Å²) in [6, 6.07) is 12.1. The molecule has 3 heteroatoms. The minimum Gasteiger partial charge on any atom is -0.376 e. The SMILES string of the molecule is C/C=C\N(C)C/C(=C/c1ccc(CCCC(/C=C\CF)=C/CC)c(CC)c1)c1ccc(F)c(C)c1. The van der Waals surface area contributed by atoms with Crippen LogP contribution in [0.4, 0.5) is 8.78 Å². The second-order valence-electron chi connectivity index (χ2n) is 9.01. The summed E-state index contributed by atoms with van der Waals surface area (Å²) >= 11 is 0. The minimum atomic E-state index is -0.417. The zero-order valence-corrected chi connectivity index (χ0v) is 22.1. The van der Waals surface area contributed by atoms with E-state index in [1.807, 2.05) is 38.1 Å². The molecule has 0 radical (unpaired) electrons. The van der Waals surface area contributed by atoms with Gasteiger partial charge in [-0.15, -0.1) is 0 Å². The second-order valence-corrected chi connectivity index (χ2v) is 9.01. The maximum Gasteiger partial charge on any atom is 0.126 e. The van der Waals surface area contributed by atoms with Crippen LogP contribution < -0.4 is 0 Å². The number of alkyl halides is 1. The number of hydrogen-bond donors (Lipinski definition) is 0. The van der Waals surface area contributed by atoms with Crippen molar-refractivity contribution >= 4 is 11.6 Å². The predicted molar refractivity (Wildman–Crippen MR) is 149 cm³/mol. The molecule has 2 rings (SSSR count). The number of aryl methyl sites for hydroxylation is 3. The Morgan fingerprint density at radius 3 is 2.51 bits per heavy atom. The molecule has 0 saturated carbocycles. The fourth-order valence-corrected chi connectivity index (χ4v) is 4.34. The first kappa shape index (κ1) is 28.3. The van der Waals surface area contributed by atoms with Gasteiger partial charge in [0, 0.05) is 13.6 Å². The summed E-state index contributed by atoms with van der Waals surface area (Å²) < 4.78 is 26.4. The lowest BCUT2D eigenvalue weighted by atomic mass is 9.94. The van der Waals surface area contributed by atoms with Crippen molar-refractivity contribution in [3.8, 4) is 0 Å². The molecule has 0 saturated heterocycles. The molecular formula is C32H41F2N. The third kappa shape index (κ3) is 9.32. The molecule has 0 aliphatic rings. The predicted octanol–water partition coefficient (Wildman–Crippen LogP) is 8.89. The van der Waals surface area contributed by atoms with Crippen molar-refractivity contribution < 1.29 is 8.78 Å². The highest BCUT2D eigenvalue weighted by atomic mass is 19.1. The van der Waals surface area contributed by atoms with Gasteiger partial charge in [0.15, 0.2) is 0 Å². The van der Waals surface area contributed by atoms with Gasteiger partial charge in [-0.1, -0.05) is 68.0 Å². The van der Waals surface area contributed by atoms with Crippen LogP contribution >= 0.6 is 0 Å². The number of rotatable bonds is 13. The molecule has 188 valence electrons. The van der Waals surface area contributed by atoms with Gasteiger partial charge in [-0.25, -0.2) is 8.78 Å². The van der Waals surface area contributed by atoms with Crippen LogP contribution in [0.5, 0.6) is 0 Å². The molecule has 2 aromatic rings.